The van der Waals surface area contributed by atoms with Gasteiger partial charge in [-0.3, -0.25) is 19.2 Å². The molecule has 1 aliphatic heterocycles. The SMILES string of the molecule is CC/C=C\C/C=C\C/C=C\CCCCCCCC(=O)O.CC/C=C\C/C=C\C/C=C\CCCCCCCC(=O)O.CN(C)CCC(=O)OC[C@@H]1CC[C@H](OC(=O)CCN(C)C)O1. The second kappa shape index (κ2) is 46.7. The molecule has 1 heterocycles. The molecule has 0 unspecified atom stereocenters. The van der Waals surface area contributed by atoms with Gasteiger partial charge in [-0.25, -0.2) is 0 Å². The third-order valence-electron chi connectivity index (χ3n) is 9.37. The minimum atomic E-state index is -0.675. The van der Waals surface area contributed by atoms with Gasteiger partial charge in [-0.15, -0.1) is 0 Å². The van der Waals surface area contributed by atoms with E-state index in [0.717, 1.165) is 96.3 Å². The first-order valence-corrected chi connectivity index (χ1v) is 23.5. The Labute approximate surface area is 377 Å². The second-order valence-electron chi connectivity index (χ2n) is 16.0. The Bertz CT molecular complexity index is 1210. The maximum absolute atomic E-state index is 11.6. The van der Waals surface area contributed by atoms with E-state index in [1.165, 1.54) is 25.7 Å². The molecule has 0 aromatic carbocycles. The quantitative estimate of drug-likeness (QED) is 0.0357. The Hall–Kier alpha value is -3.80. The van der Waals surface area contributed by atoms with Gasteiger partial charge in [0.15, 0.2) is 0 Å². The van der Waals surface area contributed by atoms with Gasteiger partial charge >= 0.3 is 23.9 Å². The highest BCUT2D eigenvalue weighted by atomic mass is 16.7. The Morgan fingerprint density at radius 2 is 0.903 bits per heavy atom. The summed E-state index contributed by atoms with van der Waals surface area (Å²) in [6.07, 6.45) is 48.1. The van der Waals surface area contributed by atoms with Crippen LogP contribution in [0.3, 0.4) is 0 Å². The van der Waals surface area contributed by atoms with Crippen molar-refractivity contribution in [2.24, 2.45) is 0 Å². The van der Waals surface area contributed by atoms with Gasteiger partial charge < -0.3 is 34.2 Å². The molecular formula is C51H88N2O9. The summed E-state index contributed by atoms with van der Waals surface area (Å²) in [5.41, 5.74) is 0. The lowest BCUT2D eigenvalue weighted by atomic mass is 10.1. The summed E-state index contributed by atoms with van der Waals surface area (Å²) in [6, 6.07) is 0. The summed E-state index contributed by atoms with van der Waals surface area (Å²) in [6.45, 7) is 5.83. The van der Waals surface area contributed by atoms with E-state index in [1.54, 1.807) is 0 Å². The number of allylic oxidation sites excluding steroid dienone is 12. The van der Waals surface area contributed by atoms with Crippen LogP contribution < -0.4 is 0 Å². The van der Waals surface area contributed by atoms with Gasteiger partial charge in [-0.2, -0.15) is 0 Å². The standard InChI is InChI=1S/2C18H30O2.C15H28N2O5/c2*1-2-3-4-5-6-7-8-9-10-11-12-13-14-15-16-17-18(19)20;1-16(2)9-7-13(18)20-11-12-5-6-15(21-12)22-14(19)8-10-17(3)4/h2*3-4,6-7,9-10H,2,5,8,11-17H2,1H3,(H,19,20);12,15H,5-11H2,1-4H3/b2*4-3-,7-6-,10-9-;/t;;12-,15-/m..0/s1. The number of unbranched alkanes of at least 4 members (excludes halogenated alkanes) is 10. The molecule has 11 nitrogen and oxygen atoms in total. The molecule has 2 atom stereocenters. The average molecular weight is 873 g/mol. The van der Waals surface area contributed by atoms with Crippen LogP contribution in [0.5, 0.6) is 0 Å². The van der Waals surface area contributed by atoms with Crippen molar-refractivity contribution in [1.82, 2.24) is 9.80 Å². The predicted octanol–water partition coefficient (Wildman–Crippen LogP) is 11.8. The Morgan fingerprint density at radius 3 is 1.32 bits per heavy atom. The van der Waals surface area contributed by atoms with Crippen LogP contribution in [0.15, 0.2) is 72.9 Å². The monoisotopic (exact) mass is 873 g/mol. The minimum absolute atomic E-state index is 0.185. The molecule has 2 N–H and O–H groups in total. The molecular weight excluding hydrogens is 785 g/mol. The molecule has 0 amide bonds. The van der Waals surface area contributed by atoms with E-state index in [1.807, 2.05) is 38.0 Å². The summed E-state index contributed by atoms with van der Waals surface area (Å²) >= 11 is 0. The maximum Gasteiger partial charge on any atom is 0.309 e. The number of carbonyl (C=O) groups excluding carboxylic acids is 2. The number of aliphatic carboxylic acids is 2. The van der Waals surface area contributed by atoms with Crippen molar-refractivity contribution < 1.29 is 43.6 Å². The van der Waals surface area contributed by atoms with Gasteiger partial charge in [-0.1, -0.05) is 125 Å². The van der Waals surface area contributed by atoms with Crippen LogP contribution in [0.25, 0.3) is 0 Å². The number of carboxylic acids is 2. The first kappa shape index (κ1) is 60.3. The van der Waals surface area contributed by atoms with Crippen LogP contribution in [0.4, 0.5) is 0 Å². The van der Waals surface area contributed by atoms with Gasteiger partial charge in [0.1, 0.15) is 6.61 Å². The lowest BCUT2D eigenvalue weighted by molar-refractivity contribution is -0.180. The van der Waals surface area contributed by atoms with Gasteiger partial charge in [0.25, 0.3) is 0 Å². The second-order valence-corrected chi connectivity index (χ2v) is 16.0. The highest BCUT2D eigenvalue weighted by Crippen LogP contribution is 2.21. The third kappa shape index (κ3) is 50.6. The van der Waals surface area contributed by atoms with E-state index in [9.17, 15) is 19.2 Å². The number of carboxylic acid groups (broad SMARTS) is 2. The molecule has 1 aliphatic rings. The molecule has 0 radical (unpaired) electrons. The van der Waals surface area contributed by atoms with Gasteiger partial charge in [0.2, 0.25) is 6.29 Å². The molecule has 0 aliphatic carbocycles. The van der Waals surface area contributed by atoms with Crippen LogP contribution in [-0.2, 0) is 33.4 Å². The average Bonchev–Trinajstić information content (AvgIpc) is 3.68. The van der Waals surface area contributed by atoms with Crippen LogP contribution in [0, 0.1) is 0 Å². The molecule has 0 aromatic rings. The van der Waals surface area contributed by atoms with E-state index < -0.39 is 18.2 Å². The molecule has 1 fully saturated rings. The van der Waals surface area contributed by atoms with E-state index in [2.05, 4.69) is 86.8 Å². The normalized spacial score (nSPS) is 15.4. The number of hydrogen-bond donors (Lipinski definition) is 2. The van der Waals surface area contributed by atoms with Crippen molar-refractivity contribution in [3.8, 4) is 0 Å². The maximum atomic E-state index is 11.6. The number of carbonyl (C=O) groups is 4. The fraction of sp³-hybridized carbons (Fsp3) is 0.686. The zero-order chi connectivity index (χ0) is 46.3. The molecule has 0 aromatic heterocycles. The van der Waals surface area contributed by atoms with Crippen LogP contribution in [-0.4, -0.2) is 104 Å². The zero-order valence-corrected chi connectivity index (χ0v) is 39.8. The molecule has 11 heteroatoms. The summed E-state index contributed by atoms with van der Waals surface area (Å²) < 4.78 is 16.0. The fourth-order valence-corrected chi connectivity index (χ4v) is 5.77. The van der Waals surface area contributed by atoms with Gasteiger partial charge in [0, 0.05) is 32.4 Å². The van der Waals surface area contributed by atoms with Gasteiger partial charge in [-0.05, 0) is 112 Å². The van der Waals surface area contributed by atoms with Crippen LogP contribution >= 0.6 is 0 Å². The number of rotatable bonds is 35. The van der Waals surface area contributed by atoms with Crippen molar-refractivity contribution in [1.29, 1.82) is 0 Å². The Balaban J connectivity index is 0. The largest absolute Gasteiger partial charge is 0.481 e. The van der Waals surface area contributed by atoms with Crippen LogP contribution in [0.1, 0.15) is 168 Å². The number of esters is 2. The lowest BCUT2D eigenvalue weighted by Gasteiger charge is -2.16. The first-order valence-electron chi connectivity index (χ1n) is 23.5. The van der Waals surface area contributed by atoms with Crippen molar-refractivity contribution in [2.75, 3.05) is 47.9 Å². The van der Waals surface area contributed by atoms with Crippen molar-refractivity contribution >= 4 is 23.9 Å². The molecule has 356 valence electrons. The number of nitrogens with zero attached hydrogens (tertiary/aromatic N) is 2. The summed E-state index contributed by atoms with van der Waals surface area (Å²) in [5.74, 6) is -1.84. The smallest absolute Gasteiger partial charge is 0.309 e. The topological polar surface area (TPSA) is 143 Å². The van der Waals surface area contributed by atoms with Crippen molar-refractivity contribution in [3.63, 3.8) is 0 Å². The Morgan fingerprint density at radius 1 is 0.516 bits per heavy atom. The molecule has 0 spiro atoms. The molecule has 0 bridgehead atoms. The van der Waals surface area contributed by atoms with Crippen molar-refractivity contribution in [3.05, 3.63) is 72.9 Å². The summed E-state index contributed by atoms with van der Waals surface area (Å²) in [4.78, 5) is 47.6. The summed E-state index contributed by atoms with van der Waals surface area (Å²) in [7, 11) is 7.62. The molecule has 1 saturated heterocycles. The fourth-order valence-electron chi connectivity index (χ4n) is 5.77. The van der Waals surface area contributed by atoms with Crippen molar-refractivity contribution in [2.45, 2.75) is 180 Å². The van der Waals surface area contributed by atoms with E-state index in [0.29, 0.717) is 45.2 Å². The zero-order valence-electron chi connectivity index (χ0n) is 39.8. The summed E-state index contributed by atoms with van der Waals surface area (Å²) in [5, 5.41) is 17.0. The molecule has 0 saturated carbocycles. The van der Waals surface area contributed by atoms with E-state index >= 15 is 0 Å². The number of hydrogen-bond acceptors (Lipinski definition) is 9. The third-order valence-corrected chi connectivity index (χ3v) is 9.37. The van der Waals surface area contributed by atoms with E-state index in [-0.39, 0.29) is 24.6 Å². The van der Waals surface area contributed by atoms with Crippen LogP contribution in [0.2, 0.25) is 0 Å². The highest BCUT2D eigenvalue weighted by molar-refractivity contribution is 5.70. The van der Waals surface area contributed by atoms with Gasteiger partial charge in [0.05, 0.1) is 18.9 Å². The molecule has 1 rings (SSSR count). The van der Waals surface area contributed by atoms with E-state index in [4.69, 9.17) is 24.4 Å². The minimum Gasteiger partial charge on any atom is -0.481 e. The predicted molar refractivity (Wildman–Crippen MR) is 255 cm³/mol. The number of ether oxygens (including phenoxy) is 3. The first-order chi connectivity index (χ1) is 29.9. The highest BCUT2D eigenvalue weighted by Gasteiger charge is 2.29. The Kier molecular flexibility index (Phi) is 45.4. The lowest BCUT2D eigenvalue weighted by Crippen LogP contribution is -2.25. The molecule has 62 heavy (non-hydrogen) atoms.